The summed E-state index contributed by atoms with van der Waals surface area (Å²) in [5.41, 5.74) is 2.81. The largest absolute Gasteiger partial charge is 0.466 e. The van der Waals surface area contributed by atoms with E-state index in [1.54, 1.807) is 30.2 Å². The van der Waals surface area contributed by atoms with Gasteiger partial charge in [0.05, 0.1) is 5.02 Å². The quantitative estimate of drug-likeness (QED) is 0.804. The maximum atomic E-state index is 12.8. The van der Waals surface area contributed by atoms with Gasteiger partial charge >= 0.3 is 6.03 Å². The van der Waals surface area contributed by atoms with Crippen LogP contribution in [0.4, 0.5) is 16.2 Å². The summed E-state index contributed by atoms with van der Waals surface area (Å²) < 4.78 is 10.2. The first-order valence-electron chi connectivity index (χ1n) is 8.27. The number of anilines is 2. The van der Waals surface area contributed by atoms with E-state index in [-0.39, 0.29) is 12.8 Å². The number of fused-ring (bicyclic) bond motifs is 1. The average molecular weight is 361 g/mol. The van der Waals surface area contributed by atoms with Crippen LogP contribution in [0.15, 0.2) is 42.5 Å². The molecule has 1 aliphatic rings. The van der Waals surface area contributed by atoms with Crippen LogP contribution in [-0.2, 0) is 11.2 Å². The zero-order chi connectivity index (χ0) is 17.6. The molecule has 1 aliphatic heterocycles. The molecular formula is C19H21ClN2O3. The van der Waals surface area contributed by atoms with Crippen molar-refractivity contribution in [2.45, 2.75) is 19.3 Å². The first-order chi connectivity index (χ1) is 12.2. The monoisotopic (exact) mass is 360 g/mol. The molecule has 1 heterocycles. The minimum Gasteiger partial charge on any atom is -0.466 e. The highest BCUT2D eigenvalue weighted by Gasteiger charge is 2.21. The van der Waals surface area contributed by atoms with Crippen molar-refractivity contribution in [2.75, 3.05) is 30.7 Å². The van der Waals surface area contributed by atoms with E-state index in [0.29, 0.717) is 23.0 Å². The number of carbonyl (C=O) groups is 1. The van der Waals surface area contributed by atoms with E-state index in [1.807, 2.05) is 18.2 Å². The number of amides is 2. The number of benzene rings is 2. The molecule has 0 unspecified atom stereocenters. The summed E-state index contributed by atoms with van der Waals surface area (Å²) in [5, 5.41) is 3.34. The van der Waals surface area contributed by atoms with Gasteiger partial charge in [-0.1, -0.05) is 29.8 Å². The standard InChI is InChI=1S/C19H21ClN2O3/c1-24-13-25-18-10-9-15(12-16(18)20)21-19(23)22-11-5-4-7-14-6-2-3-8-17(14)22/h2-3,6,8-10,12H,4-5,7,11,13H2,1H3,(H,21,23). The van der Waals surface area contributed by atoms with Gasteiger partial charge in [-0.05, 0) is 49.1 Å². The van der Waals surface area contributed by atoms with Crippen LogP contribution in [0.3, 0.4) is 0 Å². The summed E-state index contributed by atoms with van der Waals surface area (Å²) in [5.74, 6) is 0.515. The second kappa shape index (κ2) is 8.23. The van der Waals surface area contributed by atoms with Gasteiger partial charge in [-0.3, -0.25) is 4.90 Å². The van der Waals surface area contributed by atoms with E-state index >= 15 is 0 Å². The number of nitrogens with zero attached hydrogens (tertiary/aromatic N) is 1. The highest BCUT2D eigenvalue weighted by atomic mass is 35.5. The minimum atomic E-state index is -0.157. The van der Waals surface area contributed by atoms with Crippen molar-refractivity contribution in [3.63, 3.8) is 0 Å². The zero-order valence-corrected chi connectivity index (χ0v) is 14.9. The predicted octanol–water partition coefficient (Wildman–Crippen LogP) is 4.70. The lowest BCUT2D eigenvalue weighted by molar-refractivity contribution is 0.0512. The lowest BCUT2D eigenvalue weighted by Gasteiger charge is -2.23. The van der Waals surface area contributed by atoms with Crippen LogP contribution in [0.2, 0.25) is 5.02 Å². The fourth-order valence-electron chi connectivity index (χ4n) is 2.91. The number of ether oxygens (including phenoxy) is 2. The average Bonchev–Trinajstić information content (AvgIpc) is 2.83. The lowest BCUT2D eigenvalue weighted by Crippen LogP contribution is -2.35. The molecule has 0 fully saturated rings. The van der Waals surface area contributed by atoms with E-state index in [2.05, 4.69) is 11.4 Å². The Morgan fingerprint density at radius 2 is 2.08 bits per heavy atom. The lowest BCUT2D eigenvalue weighted by atomic mass is 10.1. The molecule has 0 radical (unpaired) electrons. The van der Waals surface area contributed by atoms with Gasteiger partial charge in [0, 0.05) is 25.0 Å². The Morgan fingerprint density at radius 1 is 1.24 bits per heavy atom. The van der Waals surface area contributed by atoms with Gasteiger partial charge in [0.1, 0.15) is 5.75 Å². The van der Waals surface area contributed by atoms with Crippen LogP contribution in [0.25, 0.3) is 0 Å². The molecule has 0 aliphatic carbocycles. The third kappa shape index (κ3) is 4.24. The molecule has 5 nitrogen and oxygen atoms in total. The number of hydrogen-bond acceptors (Lipinski definition) is 3. The number of urea groups is 1. The van der Waals surface area contributed by atoms with E-state index in [9.17, 15) is 4.79 Å². The SMILES string of the molecule is COCOc1ccc(NC(=O)N2CCCCc3ccccc32)cc1Cl. The molecule has 0 spiro atoms. The number of hydrogen-bond donors (Lipinski definition) is 1. The molecule has 1 N–H and O–H groups in total. The first kappa shape index (κ1) is 17.6. The molecule has 3 rings (SSSR count). The second-order valence-corrected chi connectivity index (χ2v) is 6.27. The third-order valence-electron chi connectivity index (χ3n) is 4.12. The Balaban J connectivity index is 1.75. The van der Waals surface area contributed by atoms with Crippen molar-refractivity contribution in [2.24, 2.45) is 0 Å². The normalized spacial score (nSPS) is 13.8. The number of carbonyl (C=O) groups excluding carboxylic acids is 1. The number of aryl methyl sites for hydroxylation is 1. The topological polar surface area (TPSA) is 50.8 Å². The molecule has 0 bridgehead atoms. The van der Waals surface area contributed by atoms with Crippen LogP contribution in [-0.4, -0.2) is 26.5 Å². The Hall–Kier alpha value is -2.24. The third-order valence-corrected chi connectivity index (χ3v) is 4.42. The summed E-state index contributed by atoms with van der Waals surface area (Å²) in [6.45, 7) is 0.821. The summed E-state index contributed by atoms with van der Waals surface area (Å²) in [4.78, 5) is 14.6. The molecule has 0 saturated heterocycles. The predicted molar refractivity (Wildman–Crippen MR) is 99.7 cm³/mol. The van der Waals surface area contributed by atoms with Gasteiger partial charge in [-0.15, -0.1) is 0 Å². The van der Waals surface area contributed by atoms with Crippen molar-refractivity contribution in [1.29, 1.82) is 0 Å². The smallest absolute Gasteiger partial charge is 0.326 e. The van der Waals surface area contributed by atoms with Gasteiger partial charge < -0.3 is 14.8 Å². The highest BCUT2D eigenvalue weighted by molar-refractivity contribution is 6.32. The molecule has 2 amide bonds. The molecule has 2 aromatic rings. The molecule has 6 heteroatoms. The molecule has 2 aromatic carbocycles. The highest BCUT2D eigenvalue weighted by Crippen LogP contribution is 2.29. The van der Waals surface area contributed by atoms with Crippen LogP contribution in [0.1, 0.15) is 18.4 Å². The minimum absolute atomic E-state index is 0.121. The van der Waals surface area contributed by atoms with E-state index in [0.717, 1.165) is 24.9 Å². The van der Waals surface area contributed by atoms with Crippen molar-refractivity contribution in [3.8, 4) is 5.75 Å². The fourth-order valence-corrected chi connectivity index (χ4v) is 3.15. The first-order valence-corrected chi connectivity index (χ1v) is 8.64. The molecule has 132 valence electrons. The summed E-state index contributed by atoms with van der Waals surface area (Å²) in [6, 6.07) is 13.0. The number of methoxy groups -OCH3 is 1. The van der Waals surface area contributed by atoms with Gasteiger partial charge in [0.15, 0.2) is 6.79 Å². The molecule has 0 saturated carbocycles. The molecule has 0 atom stereocenters. The fraction of sp³-hybridized carbons (Fsp3) is 0.316. The number of rotatable bonds is 4. The number of para-hydroxylation sites is 1. The van der Waals surface area contributed by atoms with Crippen LogP contribution in [0, 0.1) is 0 Å². The van der Waals surface area contributed by atoms with Crippen LogP contribution < -0.4 is 15.0 Å². The van der Waals surface area contributed by atoms with Gasteiger partial charge in [0.2, 0.25) is 0 Å². The zero-order valence-electron chi connectivity index (χ0n) is 14.1. The molecular weight excluding hydrogens is 340 g/mol. The van der Waals surface area contributed by atoms with Gasteiger partial charge in [-0.2, -0.15) is 0 Å². The number of nitrogens with one attached hydrogen (secondary N) is 1. The van der Waals surface area contributed by atoms with Gasteiger partial charge in [-0.25, -0.2) is 4.79 Å². The summed E-state index contributed by atoms with van der Waals surface area (Å²) in [6.07, 6.45) is 3.06. The number of halogens is 1. The Morgan fingerprint density at radius 3 is 2.88 bits per heavy atom. The second-order valence-electron chi connectivity index (χ2n) is 5.86. The maximum absolute atomic E-state index is 12.8. The van der Waals surface area contributed by atoms with E-state index < -0.39 is 0 Å². The summed E-state index contributed by atoms with van der Waals surface area (Å²) >= 11 is 6.20. The van der Waals surface area contributed by atoms with E-state index in [4.69, 9.17) is 21.1 Å². The Labute approximate surface area is 152 Å². The molecule has 25 heavy (non-hydrogen) atoms. The maximum Gasteiger partial charge on any atom is 0.326 e. The Kier molecular flexibility index (Phi) is 5.79. The molecule has 0 aromatic heterocycles. The van der Waals surface area contributed by atoms with Crippen molar-refractivity contribution in [1.82, 2.24) is 0 Å². The van der Waals surface area contributed by atoms with Gasteiger partial charge in [0.25, 0.3) is 0 Å². The van der Waals surface area contributed by atoms with Crippen molar-refractivity contribution >= 4 is 29.0 Å². The Bertz CT molecular complexity index is 751. The van der Waals surface area contributed by atoms with Crippen molar-refractivity contribution < 1.29 is 14.3 Å². The van der Waals surface area contributed by atoms with E-state index in [1.165, 1.54) is 5.56 Å². The van der Waals surface area contributed by atoms with Crippen LogP contribution in [0.5, 0.6) is 5.75 Å². The summed E-state index contributed by atoms with van der Waals surface area (Å²) in [7, 11) is 1.54. The van der Waals surface area contributed by atoms with Crippen LogP contribution >= 0.6 is 11.6 Å². The van der Waals surface area contributed by atoms with Crippen molar-refractivity contribution in [3.05, 3.63) is 53.1 Å².